The Hall–Kier alpha value is -4.58. The van der Waals surface area contributed by atoms with Crippen LogP contribution in [0, 0.1) is 6.92 Å². The van der Waals surface area contributed by atoms with E-state index in [1.807, 2.05) is 59.0 Å². The van der Waals surface area contributed by atoms with Gasteiger partial charge in [-0.1, -0.05) is 45.0 Å². The SMILES string of the molecule is COc1c(NC(=O)Nc2ccc(Oc3cc(C)nc(N(C)C4CC4)n3)c3ccccc23)cc(C(C)(C)C)cc1NS(C)(=O)=O. The Bertz CT molecular complexity index is 1830. The average molecular weight is 619 g/mol. The number of nitrogens with one attached hydrogen (secondary N) is 3. The zero-order valence-corrected chi connectivity index (χ0v) is 26.8. The van der Waals surface area contributed by atoms with E-state index < -0.39 is 16.1 Å². The van der Waals surface area contributed by atoms with Crippen molar-refractivity contribution < 1.29 is 22.7 Å². The molecule has 0 saturated heterocycles. The lowest BCUT2D eigenvalue weighted by molar-refractivity contribution is 0.262. The molecule has 44 heavy (non-hydrogen) atoms. The number of nitrogens with zero attached hydrogens (tertiary/aromatic N) is 3. The van der Waals surface area contributed by atoms with E-state index in [1.165, 1.54) is 7.11 Å². The number of benzene rings is 3. The highest BCUT2D eigenvalue weighted by atomic mass is 32.2. The van der Waals surface area contributed by atoms with E-state index in [1.54, 1.807) is 30.3 Å². The van der Waals surface area contributed by atoms with Crippen LogP contribution in [0.1, 0.15) is 44.9 Å². The Labute approximate surface area is 258 Å². The summed E-state index contributed by atoms with van der Waals surface area (Å²) in [6, 6.07) is 16.4. The van der Waals surface area contributed by atoms with Crippen LogP contribution in [0.5, 0.6) is 17.4 Å². The minimum absolute atomic E-state index is 0.194. The Morgan fingerprint density at radius 3 is 2.25 bits per heavy atom. The predicted octanol–water partition coefficient (Wildman–Crippen LogP) is 6.65. The highest BCUT2D eigenvalue weighted by molar-refractivity contribution is 7.92. The highest BCUT2D eigenvalue weighted by Gasteiger charge is 2.28. The number of carbonyl (C=O) groups is 1. The van der Waals surface area contributed by atoms with Gasteiger partial charge in [-0.15, -0.1) is 0 Å². The Morgan fingerprint density at radius 2 is 1.61 bits per heavy atom. The summed E-state index contributed by atoms with van der Waals surface area (Å²) in [7, 11) is -0.195. The number of carbonyl (C=O) groups excluding carboxylic acids is 1. The van der Waals surface area contributed by atoms with E-state index in [0.29, 0.717) is 35.0 Å². The van der Waals surface area contributed by atoms with E-state index in [4.69, 9.17) is 9.47 Å². The van der Waals surface area contributed by atoms with Crippen LogP contribution in [0.3, 0.4) is 0 Å². The first-order chi connectivity index (χ1) is 20.7. The van der Waals surface area contributed by atoms with Crippen LogP contribution in [0.4, 0.5) is 27.8 Å². The lowest BCUT2D eigenvalue weighted by Crippen LogP contribution is -2.22. The zero-order valence-electron chi connectivity index (χ0n) is 26.0. The maximum Gasteiger partial charge on any atom is 0.323 e. The number of ether oxygens (including phenoxy) is 2. The number of urea groups is 1. The third kappa shape index (κ3) is 7.13. The van der Waals surface area contributed by atoms with Gasteiger partial charge >= 0.3 is 6.03 Å². The maximum absolute atomic E-state index is 13.4. The third-order valence-electron chi connectivity index (χ3n) is 7.28. The van der Waals surface area contributed by atoms with Gasteiger partial charge in [0.15, 0.2) is 5.75 Å². The molecule has 0 unspecified atom stereocenters. The lowest BCUT2D eigenvalue weighted by atomic mass is 9.86. The fourth-order valence-corrected chi connectivity index (χ4v) is 5.42. The van der Waals surface area contributed by atoms with Gasteiger partial charge in [-0.25, -0.2) is 18.2 Å². The zero-order chi connectivity index (χ0) is 31.8. The van der Waals surface area contributed by atoms with E-state index in [2.05, 4.69) is 30.2 Å². The summed E-state index contributed by atoms with van der Waals surface area (Å²) in [5.74, 6) is 1.84. The molecular weight excluding hydrogens is 580 g/mol. The largest absolute Gasteiger partial charge is 0.492 e. The van der Waals surface area contributed by atoms with E-state index in [-0.39, 0.29) is 16.9 Å². The molecule has 0 atom stereocenters. The molecule has 12 heteroatoms. The predicted molar refractivity (Wildman–Crippen MR) is 175 cm³/mol. The molecule has 1 aliphatic carbocycles. The van der Waals surface area contributed by atoms with Crippen molar-refractivity contribution >= 4 is 49.8 Å². The van der Waals surface area contributed by atoms with Gasteiger partial charge < -0.3 is 25.0 Å². The van der Waals surface area contributed by atoms with Crippen LogP contribution >= 0.6 is 0 Å². The standard InChI is InChI=1S/C32H38N6O5S/c1-19-16-28(36-30(33-19)38(5)21-12-13-21)43-27-15-14-24(22-10-8-9-11-23(22)27)34-31(39)35-25-17-20(32(2,3)4)18-26(29(25)42-6)37-44(7,40)41/h8-11,14-18,21,37H,12-13H2,1-7H3,(H2,34,35,39). The van der Waals surface area contributed by atoms with Crippen molar-refractivity contribution in [3.8, 4) is 17.4 Å². The number of aromatic nitrogens is 2. The van der Waals surface area contributed by atoms with Crippen molar-refractivity contribution in [2.45, 2.75) is 52.0 Å². The summed E-state index contributed by atoms with van der Waals surface area (Å²) < 4.78 is 38.5. The minimum atomic E-state index is -3.61. The average Bonchev–Trinajstić information content (AvgIpc) is 3.78. The summed E-state index contributed by atoms with van der Waals surface area (Å²) >= 11 is 0. The summed E-state index contributed by atoms with van der Waals surface area (Å²) in [5, 5.41) is 7.31. The molecule has 0 aliphatic heterocycles. The van der Waals surface area contributed by atoms with Crippen LogP contribution in [0.15, 0.2) is 54.6 Å². The van der Waals surface area contributed by atoms with Crippen LogP contribution in [0.25, 0.3) is 10.8 Å². The van der Waals surface area contributed by atoms with Gasteiger partial charge in [0.25, 0.3) is 0 Å². The fraction of sp³-hybridized carbons (Fsp3) is 0.344. The molecule has 3 N–H and O–H groups in total. The second-order valence-corrected chi connectivity index (χ2v) is 13.8. The number of hydrogen-bond donors (Lipinski definition) is 3. The van der Waals surface area contributed by atoms with Crippen molar-refractivity contribution in [2.75, 3.05) is 40.7 Å². The smallest absolute Gasteiger partial charge is 0.323 e. The molecule has 1 aromatic heterocycles. The van der Waals surface area contributed by atoms with Gasteiger partial charge in [0.2, 0.25) is 21.9 Å². The second kappa shape index (κ2) is 11.8. The summed E-state index contributed by atoms with van der Waals surface area (Å²) in [4.78, 5) is 24.7. The van der Waals surface area contributed by atoms with Crippen LogP contribution in [-0.4, -0.2) is 50.9 Å². The van der Waals surface area contributed by atoms with Gasteiger partial charge in [0, 0.05) is 35.6 Å². The van der Waals surface area contributed by atoms with Crippen molar-refractivity contribution in [3.05, 3.63) is 65.9 Å². The molecule has 5 rings (SSSR count). The van der Waals surface area contributed by atoms with Crippen LogP contribution < -0.4 is 29.7 Å². The highest BCUT2D eigenvalue weighted by Crippen LogP contribution is 2.40. The monoisotopic (exact) mass is 618 g/mol. The number of methoxy groups -OCH3 is 1. The number of fused-ring (bicyclic) bond motifs is 1. The Morgan fingerprint density at radius 1 is 0.955 bits per heavy atom. The maximum atomic E-state index is 13.4. The first kappa shape index (κ1) is 30.9. The number of sulfonamides is 1. The molecule has 0 radical (unpaired) electrons. The Kier molecular flexibility index (Phi) is 8.30. The molecule has 0 bridgehead atoms. The van der Waals surface area contributed by atoms with E-state index in [0.717, 1.165) is 41.1 Å². The van der Waals surface area contributed by atoms with Crippen molar-refractivity contribution in [3.63, 3.8) is 0 Å². The molecule has 11 nitrogen and oxygen atoms in total. The minimum Gasteiger partial charge on any atom is -0.492 e. The van der Waals surface area contributed by atoms with Gasteiger partial charge in [-0.05, 0) is 55.0 Å². The molecule has 1 fully saturated rings. The van der Waals surface area contributed by atoms with Crippen molar-refractivity contribution in [1.29, 1.82) is 0 Å². The second-order valence-electron chi connectivity index (χ2n) is 12.1. The summed E-state index contributed by atoms with van der Waals surface area (Å²) in [5.41, 5.74) is 2.37. The quantitative estimate of drug-likeness (QED) is 0.190. The van der Waals surface area contributed by atoms with Gasteiger partial charge in [0.05, 0.1) is 30.4 Å². The normalized spacial score (nSPS) is 13.3. The molecule has 1 aliphatic rings. The topological polar surface area (TPSA) is 135 Å². The molecule has 1 heterocycles. The molecule has 0 spiro atoms. The summed E-state index contributed by atoms with van der Waals surface area (Å²) in [6.45, 7) is 7.89. The first-order valence-corrected chi connectivity index (χ1v) is 16.2. The summed E-state index contributed by atoms with van der Waals surface area (Å²) in [6.07, 6.45) is 3.32. The number of anilines is 4. The van der Waals surface area contributed by atoms with Crippen LogP contribution in [-0.2, 0) is 15.4 Å². The van der Waals surface area contributed by atoms with Crippen molar-refractivity contribution in [1.82, 2.24) is 9.97 Å². The van der Waals surface area contributed by atoms with E-state index >= 15 is 0 Å². The van der Waals surface area contributed by atoms with Gasteiger partial charge in [-0.2, -0.15) is 4.98 Å². The first-order valence-electron chi connectivity index (χ1n) is 14.3. The number of amides is 2. The number of aryl methyl sites for hydroxylation is 1. The molecule has 3 aromatic carbocycles. The molecule has 4 aromatic rings. The molecule has 1 saturated carbocycles. The van der Waals surface area contributed by atoms with Crippen molar-refractivity contribution in [2.24, 2.45) is 0 Å². The van der Waals surface area contributed by atoms with E-state index in [9.17, 15) is 13.2 Å². The molecular formula is C32H38N6O5S. The fourth-order valence-electron chi connectivity index (χ4n) is 4.87. The van der Waals surface area contributed by atoms with Gasteiger partial charge in [0.1, 0.15) is 5.75 Å². The third-order valence-corrected chi connectivity index (χ3v) is 7.87. The van der Waals surface area contributed by atoms with Crippen LogP contribution in [0.2, 0.25) is 0 Å². The molecule has 232 valence electrons. The Balaban J connectivity index is 1.43. The molecule has 2 amide bonds. The number of hydrogen-bond acceptors (Lipinski definition) is 8. The lowest BCUT2D eigenvalue weighted by Gasteiger charge is -2.24. The number of rotatable bonds is 9. The van der Waals surface area contributed by atoms with Gasteiger partial charge in [-0.3, -0.25) is 4.72 Å².